The number of nitrogens with one attached hydrogen (secondary N) is 1. The van der Waals surface area contributed by atoms with E-state index in [0.29, 0.717) is 5.76 Å². The first-order valence-corrected chi connectivity index (χ1v) is 7.51. The number of rotatable bonds is 3. The van der Waals surface area contributed by atoms with E-state index in [1.54, 1.807) is 19.1 Å². The molecule has 1 aromatic carbocycles. The van der Waals surface area contributed by atoms with Crippen LogP contribution in [0.5, 0.6) is 0 Å². The Labute approximate surface area is 135 Å². The van der Waals surface area contributed by atoms with Gasteiger partial charge >= 0.3 is 6.03 Å². The lowest BCUT2D eigenvalue weighted by Crippen LogP contribution is -2.40. The summed E-state index contributed by atoms with van der Waals surface area (Å²) in [4.78, 5) is 25.9. The lowest BCUT2D eigenvalue weighted by atomic mass is 9.99. The van der Waals surface area contributed by atoms with E-state index in [1.807, 2.05) is 24.3 Å². The Bertz CT molecular complexity index is 681. The minimum absolute atomic E-state index is 0.248. The van der Waals surface area contributed by atoms with Crippen LogP contribution in [0.25, 0.3) is 0 Å². The largest absolute Gasteiger partial charge is 0.466 e. The smallest absolute Gasteiger partial charge is 0.325 e. The van der Waals surface area contributed by atoms with Crippen molar-refractivity contribution in [2.45, 2.75) is 19.0 Å². The highest BCUT2D eigenvalue weighted by atomic mass is 127. The highest BCUT2D eigenvalue weighted by Gasteiger charge is 2.50. The normalized spacial score (nSPS) is 21.7. The van der Waals surface area contributed by atoms with Gasteiger partial charge in [-0.15, -0.1) is 0 Å². The minimum atomic E-state index is -1.14. The van der Waals surface area contributed by atoms with Crippen molar-refractivity contribution in [2.24, 2.45) is 0 Å². The highest BCUT2D eigenvalue weighted by molar-refractivity contribution is 14.1. The lowest BCUT2D eigenvalue weighted by molar-refractivity contribution is -0.132. The van der Waals surface area contributed by atoms with Crippen molar-refractivity contribution in [3.8, 4) is 0 Å². The molecule has 0 bridgehead atoms. The molecule has 0 aliphatic carbocycles. The predicted octanol–water partition coefficient (Wildman–Crippen LogP) is 2.85. The Kier molecular flexibility index (Phi) is 3.48. The molecule has 1 atom stereocenters. The summed E-state index contributed by atoms with van der Waals surface area (Å²) >= 11 is 2.21. The van der Waals surface area contributed by atoms with Crippen LogP contribution in [0.15, 0.2) is 47.1 Å². The maximum atomic E-state index is 12.6. The Morgan fingerprint density at radius 3 is 2.57 bits per heavy atom. The van der Waals surface area contributed by atoms with Gasteiger partial charge in [0.2, 0.25) is 0 Å². The van der Waals surface area contributed by atoms with Gasteiger partial charge in [-0.3, -0.25) is 9.69 Å². The van der Waals surface area contributed by atoms with Crippen LogP contribution in [-0.4, -0.2) is 16.8 Å². The molecule has 1 aliphatic rings. The summed E-state index contributed by atoms with van der Waals surface area (Å²) in [6.45, 7) is 1.90. The van der Waals surface area contributed by atoms with Crippen molar-refractivity contribution in [2.75, 3.05) is 0 Å². The monoisotopic (exact) mass is 396 g/mol. The number of benzene rings is 1. The maximum Gasteiger partial charge on any atom is 0.325 e. The molecule has 1 aliphatic heterocycles. The summed E-state index contributed by atoms with van der Waals surface area (Å²) < 4.78 is 6.40. The van der Waals surface area contributed by atoms with Gasteiger partial charge in [-0.1, -0.05) is 12.1 Å². The van der Waals surface area contributed by atoms with Gasteiger partial charge < -0.3 is 9.73 Å². The number of urea groups is 1. The van der Waals surface area contributed by atoms with Gasteiger partial charge in [-0.25, -0.2) is 4.79 Å². The van der Waals surface area contributed by atoms with E-state index in [1.165, 1.54) is 11.2 Å². The van der Waals surface area contributed by atoms with E-state index >= 15 is 0 Å². The van der Waals surface area contributed by atoms with Crippen LogP contribution in [0.2, 0.25) is 0 Å². The number of nitrogens with zero attached hydrogens (tertiary/aromatic N) is 1. The number of halogens is 1. The van der Waals surface area contributed by atoms with Crippen molar-refractivity contribution in [3.05, 3.63) is 57.6 Å². The van der Waals surface area contributed by atoms with Crippen molar-refractivity contribution in [1.82, 2.24) is 10.2 Å². The van der Waals surface area contributed by atoms with Gasteiger partial charge in [-0.05, 0) is 59.3 Å². The summed E-state index contributed by atoms with van der Waals surface area (Å²) in [5, 5.41) is 2.71. The van der Waals surface area contributed by atoms with E-state index in [0.717, 1.165) is 9.13 Å². The zero-order valence-corrected chi connectivity index (χ0v) is 13.5. The van der Waals surface area contributed by atoms with Crippen molar-refractivity contribution >= 4 is 34.5 Å². The molecular weight excluding hydrogens is 383 g/mol. The molecule has 0 spiro atoms. The molecule has 1 N–H and O–H groups in total. The standard InChI is InChI=1S/C15H13IN2O3/c1-15(12-3-2-8-21-12)13(19)18(14(20)17-15)9-10-4-6-11(16)7-5-10/h2-8H,9H2,1H3,(H,17,20). The molecule has 108 valence electrons. The third-order valence-electron chi connectivity index (χ3n) is 3.54. The maximum absolute atomic E-state index is 12.6. The van der Waals surface area contributed by atoms with Crippen molar-refractivity contribution in [1.29, 1.82) is 0 Å². The van der Waals surface area contributed by atoms with Gasteiger partial charge in [0.1, 0.15) is 5.76 Å². The molecule has 1 saturated heterocycles. The SMILES string of the molecule is CC1(c2ccco2)NC(=O)N(Cc2ccc(I)cc2)C1=O. The lowest BCUT2D eigenvalue weighted by Gasteiger charge is -2.19. The van der Waals surface area contributed by atoms with Crippen LogP contribution in [0, 0.1) is 3.57 Å². The van der Waals surface area contributed by atoms with E-state index < -0.39 is 11.6 Å². The average Bonchev–Trinajstić information content (AvgIpc) is 3.06. The third-order valence-corrected chi connectivity index (χ3v) is 4.26. The number of furan rings is 1. The molecule has 1 unspecified atom stereocenters. The van der Waals surface area contributed by atoms with E-state index in [9.17, 15) is 9.59 Å². The molecule has 1 fully saturated rings. The quantitative estimate of drug-likeness (QED) is 0.641. The fourth-order valence-electron chi connectivity index (χ4n) is 2.34. The van der Waals surface area contributed by atoms with E-state index in [4.69, 9.17) is 4.42 Å². The third kappa shape index (κ3) is 2.44. The molecule has 3 amide bonds. The Morgan fingerprint density at radius 2 is 1.95 bits per heavy atom. The van der Waals surface area contributed by atoms with Crippen LogP contribution in [0.3, 0.4) is 0 Å². The Balaban J connectivity index is 1.86. The van der Waals surface area contributed by atoms with Gasteiger partial charge in [0.25, 0.3) is 5.91 Å². The summed E-state index contributed by atoms with van der Waals surface area (Å²) in [6, 6.07) is 10.7. The van der Waals surface area contributed by atoms with Crippen LogP contribution in [0.1, 0.15) is 18.2 Å². The molecule has 0 saturated carbocycles. The second-order valence-corrected chi connectivity index (χ2v) is 6.30. The highest BCUT2D eigenvalue weighted by Crippen LogP contribution is 2.30. The fraction of sp³-hybridized carbons (Fsp3) is 0.200. The number of imide groups is 1. The van der Waals surface area contributed by atoms with Crippen LogP contribution in [0.4, 0.5) is 4.79 Å². The summed E-state index contributed by atoms with van der Waals surface area (Å²) in [7, 11) is 0. The van der Waals surface area contributed by atoms with Crippen molar-refractivity contribution < 1.29 is 14.0 Å². The molecule has 21 heavy (non-hydrogen) atoms. The van der Waals surface area contributed by atoms with Gasteiger partial charge in [-0.2, -0.15) is 0 Å². The molecular formula is C15H13IN2O3. The topological polar surface area (TPSA) is 62.6 Å². The number of hydrogen-bond donors (Lipinski definition) is 1. The first-order valence-electron chi connectivity index (χ1n) is 6.43. The molecule has 2 aromatic rings. The minimum Gasteiger partial charge on any atom is -0.466 e. The van der Waals surface area contributed by atoms with Gasteiger partial charge in [0.15, 0.2) is 5.54 Å². The van der Waals surface area contributed by atoms with Gasteiger partial charge in [0.05, 0.1) is 12.8 Å². The summed E-state index contributed by atoms with van der Waals surface area (Å²) in [6.07, 6.45) is 1.49. The number of carbonyl (C=O) groups excluding carboxylic acids is 2. The molecule has 0 radical (unpaired) electrons. The second-order valence-electron chi connectivity index (χ2n) is 5.05. The summed E-state index contributed by atoms with van der Waals surface area (Å²) in [5.74, 6) is 0.131. The fourth-order valence-corrected chi connectivity index (χ4v) is 2.70. The van der Waals surface area contributed by atoms with Crippen LogP contribution >= 0.6 is 22.6 Å². The molecule has 6 heteroatoms. The second kappa shape index (κ2) is 5.18. The zero-order chi connectivity index (χ0) is 15.0. The molecule has 5 nitrogen and oxygen atoms in total. The number of amides is 3. The Hall–Kier alpha value is -1.83. The molecule has 3 rings (SSSR count). The van der Waals surface area contributed by atoms with Gasteiger partial charge in [0, 0.05) is 3.57 Å². The number of hydrogen-bond acceptors (Lipinski definition) is 3. The van der Waals surface area contributed by atoms with E-state index in [-0.39, 0.29) is 12.5 Å². The van der Waals surface area contributed by atoms with Crippen molar-refractivity contribution in [3.63, 3.8) is 0 Å². The predicted molar refractivity (Wildman–Crippen MR) is 84.3 cm³/mol. The molecule has 1 aromatic heterocycles. The summed E-state index contributed by atoms with van der Waals surface area (Å²) in [5.41, 5.74) is -0.230. The number of carbonyl (C=O) groups is 2. The average molecular weight is 396 g/mol. The molecule has 2 heterocycles. The van der Waals surface area contributed by atoms with Crippen LogP contribution in [-0.2, 0) is 16.9 Å². The van der Waals surface area contributed by atoms with E-state index in [2.05, 4.69) is 27.9 Å². The Morgan fingerprint density at radius 1 is 1.24 bits per heavy atom. The zero-order valence-electron chi connectivity index (χ0n) is 11.3. The first-order chi connectivity index (χ1) is 10.0. The first kappa shape index (κ1) is 14.1. The van der Waals surface area contributed by atoms with Crippen LogP contribution < -0.4 is 5.32 Å².